The van der Waals surface area contributed by atoms with Gasteiger partial charge in [-0.3, -0.25) is 4.99 Å². The SMILES string of the molecule is CN=C(NCCN(C)CCCOC)NCCN(C)Cc1ccc(F)cc1. The summed E-state index contributed by atoms with van der Waals surface area (Å²) in [5.74, 6) is 0.614. The smallest absolute Gasteiger partial charge is 0.191 e. The zero-order chi connectivity index (χ0) is 19.2. The van der Waals surface area contributed by atoms with E-state index in [0.717, 1.165) is 63.8 Å². The van der Waals surface area contributed by atoms with E-state index < -0.39 is 0 Å². The Morgan fingerprint density at radius 1 is 1.04 bits per heavy atom. The molecule has 1 aromatic carbocycles. The highest BCUT2D eigenvalue weighted by Crippen LogP contribution is 2.04. The normalized spacial score (nSPS) is 12.0. The summed E-state index contributed by atoms with van der Waals surface area (Å²) >= 11 is 0. The van der Waals surface area contributed by atoms with Gasteiger partial charge in [-0.15, -0.1) is 0 Å². The Bertz CT molecular complexity index is 509. The van der Waals surface area contributed by atoms with Gasteiger partial charge in [0.15, 0.2) is 5.96 Å². The molecule has 0 aliphatic rings. The molecule has 0 saturated heterocycles. The van der Waals surface area contributed by atoms with E-state index in [4.69, 9.17) is 4.74 Å². The number of benzene rings is 1. The Morgan fingerprint density at radius 2 is 1.65 bits per heavy atom. The van der Waals surface area contributed by atoms with Gasteiger partial charge in [-0.1, -0.05) is 12.1 Å². The minimum absolute atomic E-state index is 0.197. The topological polar surface area (TPSA) is 52.1 Å². The molecule has 0 radical (unpaired) electrons. The van der Waals surface area contributed by atoms with Gasteiger partial charge in [-0.2, -0.15) is 0 Å². The highest BCUT2D eigenvalue weighted by atomic mass is 19.1. The lowest BCUT2D eigenvalue weighted by molar-refractivity contribution is 0.180. The maximum Gasteiger partial charge on any atom is 0.191 e. The van der Waals surface area contributed by atoms with E-state index in [1.807, 2.05) is 12.1 Å². The van der Waals surface area contributed by atoms with Gasteiger partial charge in [0, 0.05) is 60.0 Å². The predicted octanol–water partition coefficient (Wildman–Crippen LogP) is 1.39. The zero-order valence-corrected chi connectivity index (χ0v) is 16.6. The molecule has 0 saturated carbocycles. The molecule has 6 nitrogen and oxygen atoms in total. The van der Waals surface area contributed by atoms with Gasteiger partial charge in [-0.05, 0) is 38.2 Å². The van der Waals surface area contributed by atoms with Crippen LogP contribution in [0.4, 0.5) is 4.39 Å². The second kappa shape index (κ2) is 13.5. The second-order valence-electron chi connectivity index (χ2n) is 6.44. The molecule has 148 valence electrons. The lowest BCUT2D eigenvalue weighted by atomic mass is 10.2. The molecule has 0 heterocycles. The third-order valence-electron chi connectivity index (χ3n) is 4.05. The molecule has 0 spiro atoms. The third-order valence-corrected chi connectivity index (χ3v) is 4.05. The standard InChI is InChI=1S/C19H34FN5O/c1-21-19(22-10-13-24(2)12-5-15-26-4)23-11-14-25(3)16-17-6-8-18(20)9-7-17/h6-9H,5,10-16H2,1-4H3,(H2,21,22,23). The lowest BCUT2D eigenvalue weighted by Gasteiger charge is -2.20. The molecule has 2 N–H and O–H groups in total. The van der Waals surface area contributed by atoms with Crippen LogP contribution in [0.25, 0.3) is 0 Å². The monoisotopic (exact) mass is 367 g/mol. The van der Waals surface area contributed by atoms with Crippen LogP contribution in [0, 0.1) is 5.82 Å². The number of hydrogen-bond donors (Lipinski definition) is 2. The summed E-state index contributed by atoms with van der Waals surface area (Å²) in [5, 5.41) is 6.65. The molecule has 0 amide bonds. The molecule has 0 aliphatic heterocycles. The Balaban J connectivity index is 2.16. The minimum Gasteiger partial charge on any atom is -0.385 e. The molecule has 26 heavy (non-hydrogen) atoms. The van der Waals surface area contributed by atoms with E-state index in [2.05, 4.69) is 39.5 Å². The van der Waals surface area contributed by atoms with Gasteiger partial charge in [-0.25, -0.2) is 4.39 Å². The molecule has 1 rings (SSSR count). The number of halogens is 1. The van der Waals surface area contributed by atoms with Crippen molar-refractivity contribution in [3.63, 3.8) is 0 Å². The van der Waals surface area contributed by atoms with E-state index in [-0.39, 0.29) is 5.82 Å². The summed E-state index contributed by atoms with van der Waals surface area (Å²) in [6.07, 6.45) is 1.04. The highest BCUT2D eigenvalue weighted by molar-refractivity contribution is 5.79. The van der Waals surface area contributed by atoms with Crippen LogP contribution in [0.1, 0.15) is 12.0 Å². The van der Waals surface area contributed by atoms with Crippen molar-refractivity contribution in [2.24, 2.45) is 4.99 Å². The zero-order valence-electron chi connectivity index (χ0n) is 16.6. The molecule has 0 bridgehead atoms. The quantitative estimate of drug-likeness (QED) is 0.332. The Kier molecular flexibility index (Phi) is 11.6. The molecular formula is C19H34FN5O. The predicted molar refractivity (Wildman–Crippen MR) is 106 cm³/mol. The number of ether oxygens (including phenoxy) is 1. The molecule has 0 aromatic heterocycles. The third kappa shape index (κ3) is 10.3. The first kappa shape index (κ1) is 22.3. The van der Waals surface area contributed by atoms with Gasteiger partial charge in [0.05, 0.1) is 0 Å². The first-order valence-electron chi connectivity index (χ1n) is 9.10. The van der Waals surface area contributed by atoms with Crippen molar-refractivity contribution in [1.82, 2.24) is 20.4 Å². The summed E-state index contributed by atoms with van der Waals surface area (Å²) in [4.78, 5) is 8.71. The summed E-state index contributed by atoms with van der Waals surface area (Å²) in [6.45, 7) is 6.07. The van der Waals surface area contributed by atoms with E-state index >= 15 is 0 Å². The number of guanidine groups is 1. The van der Waals surface area contributed by atoms with Gasteiger partial charge < -0.3 is 25.2 Å². The molecule has 1 aromatic rings. The van der Waals surface area contributed by atoms with Crippen molar-refractivity contribution in [3.8, 4) is 0 Å². The number of nitrogens with zero attached hydrogens (tertiary/aromatic N) is 3. The number of aliphatic imine (C=N–C) groups is 1. The fraction of sp³-hybridized carbons (Fsp3) is 0.632. The number of methoxy groups -OCH3 is 1. The van der Waals surface area contributed by atoms with Gasteiger partial charge in [0.1, 0.15) is 5.82 Å². The summed E-state index contributed by atoms with van der Waals surface area (Å²) in [6, 6.07) is 6.64. The average Bonchev–Trinajstić information content (AvgIpc) is 2.62. The van der Waals surface area contributed by atoms with Crippen LogP contribution < -0.4 is 10.6 Å². The first-order valence-corrected chi connectivity index (χ1v) is 9.10. The first-order chi connectivity index (χ1) is 12.5. The molecule has 0 aliphatic carbocycles. The van der Waals surface area contributed by atoms with Crippen molar-refractivity contribution in [1.29, 1.82) is 0 Å². The van der Waals surface area contributed by atoms with Crippen LogP contribution in [0.2, 0.25) is 0 Å². The maximum absolute atomic E-state index is 12.9. The van der Waals surface area contributed by atoms with Gasteiger partial charge in [0.2, 0.25) is 0 Å². The van der Waals surface area contributed by atoms with Crippen LogP contribution in [0.5, 0.6) is 0 Å². The number of hydrogen-bond acceptors (Lipinski definition) is 4. The van der Waals surface area contributed by atoms with Crippen LogP contribution in [-0.2, 0) is 11.3 Å². The van der Waals surface area contributed by atoms with Crippen molar-refractivity contribution in [3.05, 3.63) is 35.6 Å². The van der Waals surface area contributed by atoms with Gasteiger partial charge >= 0.3 is 0 Å². The van der Waals surface area contributed by atoms with Crippen LogP contribution in [0.15, 0.2) is 29.3 Å². The molecular weight excluding hydrogens is 333 g/mol. The molecule has 0 atom stereocenters. The van der Waals surface area contributed by atoms with E-state index in [9.17, 15) is 4.39 Å². The fourth-order valence-electron chi connectivity index (χ4n) is 2.52. The fourth-order valence-corrected chi connectivity index (χ4v) is 2.52. The van der Waals surface area contributed by atoms with Crippen LogP contribution in [0.3, 0.4) is 0 Å². The summed E-state index contributed by atoms with van der Waals surface area (Å²) < 4.78 is 18.0. The largest absolute Gasteiger partial charge is 0.385 e. The van der Waals surface area contributed by atoms with Crippen molar-refractivity contribution in [2.45, 2.75) is 13.0 Å². The van der Waals surface area contributed by atoms with E-state index in [1.165, 1.54) is 12.1 Å². The van der Waals surface area contributed by atoms with Crippen molar-refractivity contribution in [2.75, 3.05) is 67.6 Å². The molecule has 7 heteroatoms. The minimum atomic E-state index is -0.197. The lowest BCUT2D eigenvalue weighted by Crippen LogP contribution is -2.43. The maximum atomic E-state index is 12.9. The van der Waals surface area contributed by atoms with E-state index in [0.29, 0.717) is 0 Å². The molecule has 0 fully saturated rings. The second-order valence-corrected chi connectivity index (χ2v) is 6.44. The average molecular weight is 368 g/mol. The summed E-state index contributed by atoms with van der Waals surface area (Å²) in [7, 11) is 7.67. The van der Waals surface area contributed by atoms with E-state index in [1.54, 1.807) is 14.2 Å². The number of rotatable bonds is 12. The van der Waals surface area contributed by atoms with Crippen LogP contribution >= 0.6 is 0 Å². The number of likely N-dealkylation sites (N-methyl/N-ethyl adjacent to an activating group) is 2. The Morgan fingerprint density at radius 3 is 2.23 bits per heavy atom. The Hall–Kier alpha value is -1.70. The van der Waals surface area contributed by atoms with Crippen molar-refractivity contribution >= 4 is 5.96 Å². The van der Waals surface area contributed by atoms with Crippen LogP contribution in [-0.4, -0.2) is 83.3 Å². The highest BCUT2D eigenvalue weighted by Gasteiger charge is 2.03. The molecule has 0 unspecified atom stereocenters. The summed E-state index contributed by atoms with van der Waals surface area (Å²) in [5.41, 5.74) is 1.10. The Labute approximate surface area is 157 Å². The van der Waals surface area contributed by atoms with Crippen molar-refractivity contribution < 1.29 is 9.13 Å². The number of nitrogens with one attached hydrogen (secondary N) is 2. The van der Waals surface area contributed by atoms with Gasteiger partial charge in [0.25, 0.3) is 0 Å².